The number of ether oxygens (including phenoxy) is 3. The summed E-state index contributed by atoms with van der Waals surface area (Å²) in [6, 6.07) is 20.7. The molecule has 0 spiro atoms. The lowest BCUT2D eigenvalue weighted by Crippen LogP contribution is -2.49. The molecule has 0 bridgehead atoms. The Kier molecular flexibility index (Phi) is 10.1. The number of benzene rings is 3. The molecule has 230 valence electrons. The summed E-state index contributed by atoms with van der Waals surface area (Å²) < 4.78 is 18.6. The summed E-state index contributed by atoms with van der Waals surface area (Å²) in [5, 5.41) is 10.4. The number of phenols is 1. The molecule has 2 atom stereocenters. The van der Waals surface area contributed by atoms with Crippen molar-refractivity contribution in [3.63, 3.8) is 0 Å². The molecule has 3 fully saturated rings. The molecule has 0 radical (unpaired) electrons. The number of aromatic hydroxyl groups is 1. The highest BCUT2D eigenvalue weighted by atomic mass is 16.5. The van der Waals surface area contributed by atoms with Gasteiger partial charge in [0.2, 0.25) is 0 Å². The van der Waals surface area contributed by atoms with Crippen molar-refractivity contribution in [2.24, 2.45) is 0 Å². The maximum absolute atomic E-state index is 10.4. The third-order valence-electron chi connectivity index (χ3n) is 9.56. The van der Waals surface area contributed by atoms with Crippen LogP contribution in [-0.2, 0) is 6.42 Å². The van der Waals surface area contributed by atoms with E-state index >= 15 is 0 Å². The van der Waals surface area contributed by atoms with Crippen molar-refractivity contribution in [1.29, 1.82) is 0 Å². The van der Waals surface area contributed by atoms with E-state index < -0.39 is 0 Å². The molecular weight excluding hydrogens is 536 g/mol. The van der Waals surface area contributed by atoms with Gasteiger partial charge in [0.15, 0.2) is 11.5 Å². The first-order valence-electron chi connectivity index (χ1n) is 16.5. The minimum absolute atomic E-state index is 0.211. The molecule has 1 N–H and O–H groups in total. The van der Waals surface area contributed by atoms with Crippen molar-refractivity contribution < 1.29 is 19.3 Å². The number of likely N-dealkylation sites (tertiary alicyclic amines) is 2. The van der Waals surface area contributed by atoms with Gasteiger partial charge in [0, 0.05) is 12.6 Å². The Morgan fingerprint density at radius 1 is 0.767 bits per heavy atom. The maximum atomic E-state index is 10.4. The maximum Gasteiger partial charge on any atom is 0.161 e. The van der Waals surface area contributed by atoms with Crippen molar-refractivity contribution in [2.75, 3.05) is 46.4 Å². The molecule has 2 aliphatic heterocycles. The van der Waals surface area contributed by atoms with Crippen LogP contribution in [0.2, 0.25) is 0 Å². The van der Waals surface area contributed by atoms with Gasteiger partial charge in [0.1, 0.15) is 24.2 Å². The van der Waals surface area contributed by atoms with Crippen LogP contribution in [0, 0.1) is 0 Å². The molecule has 2 unspecified atom stereocenters. The Hall–Kier alpha value is -3.22. The number of nitrogens with zero attached hydrogens (tertiary/aromatic N) is 2. The first-order valence-corrected chi connectivity index (χ1v) is 16.5. The van der Waals surface area contributed by atoms with Crippen molar-refractivity contribution in [2.45, 2.75) is 76.4 Å². The molecule has 1 saturated carbocycles. The topological polar surface area (TPSA) is 54.4 Å². The highest BCUT2D eigenvalue weighted by Gasteiger charge is 2.33. The summed E-state index contributed by atoms with van der Waals surface area (Å²) in [4.78, 5) is 5.14. The molecular formula is C37H48N2O4. The van der Waals surface area contributed by atoms with Crippen LogP contribution < -0.4 is 14.2 Å². The molecule has 3 aromatic carbocycles. The number of phenolic OH excluding ortho intramolecular Hbond substituents is 1. The number of hydrogen-bond acceptors (Lipinski definition) is 6. The van der Waals surface area contributed by atoms with E-state index in [-0.39, 0.29) is 11.9 Å². The zero-order valence-corrected chi connectivity index (χ0v) is 25.8. The molecule has 3 aromatic rings. The Morgan fingerprint density at radius 3 is 2.33 bits per heavy atom. The standard InChI is InChI=1S/C37H48N2O4/c1-41-37-26-28(11-18-36(37)43-35-10-4-3-9-34(35)39-21-5-2-6-22-39)25-30-12-15-31(40)27-33(30)29-13-16-32(17-14-29)42-24-23-38-19-7-8-20-38/h11-18,26-27,34-35,40H,2-10,19-25H2,1H3. The summed E-state index contributed by atoms with van der Waals surface area (Å²) in [5.41, 5.74) is 4.38. The number of piperidine rings is 1. The lowest BCUT2D eigenvalue weighted by molar-refractivity contribution is 0.0248. The van der Waals surface area contributed by atoms with Crippen LogP contribution in [0.25, 0.3) is 11.1 Å². The second-order valence-corrected chi connectivity index (χ2v) is 12.5. The molecule has 2 heterocycles. The Labute approximate surface area is 257 Å². The summed E-state index contributed by atoms with van der Waals surface area (Å²) in [6.07, 6.45) is 12.3. The summed E-state index contributed by atoms with van der Waals surface area (Å²) in [5.74, 6) is 2.77. The van der Waals surface area contributed by atoms with Crippen LogP contribution in [0.3, 0.4) is 0 Å². The fourth-order valence-electron chi connectivity index (χ4n) is 7.20. The predicted molar refractivity (Wildman–Crippen MR) is 173 cm³/mol. The third kappa shape index (κ3) is 7.66. The predicted octanol–water partition coefficient (Wildman–Crippen LogP) is 7.31. The second kappa shape index (κ2) is 14.5. The van der Waals surface area contributed by atoms with Crippen LogP contribution in [0.15, 0.2) is 60.7 Å². The molecule has 2 saturated heterocycles. The van der Waals surface area contributed by atoms with E-state index in [4.69, 9.17) is 14.2 Å². The molecule has 1 aliphatic carbocycles. The summed E-state index contributed by atoms with van der Waals surface area (Å²) in [6.45, 7) is 6.45. The second-order valence-electron chi connectivity index (χ2n) is 12.5. The van der Waals surface area contributed by atoms with E-state index in [0.29, 0.717) is 12.6 Å². The zero-order valence-electron chi connectivity index (χ0n) is 25.8. The highest BCUT2D eigenvalue weighted by molar-refractivity contribution is 5.70. The van der Waals surface area contributed by atoms with Gasteiger partial charge in [-0.2, -0.15) is 0 Å². The van der Waals surface area contributed by atoms with E-state index in [1.165, 1.54) is 77.5 Å². The monoisotopic (exact) mass is 584 g/mol. The molecule has 6 rings (SSSR count). The molecule has 43 heavy (non-hydrogen) atoms. The smallest absolute Gasteiger partial charge is 0.161 e. The van der Waals surface area contributed by atoms with Gasteiger partial charge in [-0.1, -0.05) is 37.1 Å². The van der Waals surface area contributed by atoms with E-state index in [0.717, 1.165) is 58.9 Å². The van der Waals surface area contributed by atoms with Crippen molar-refractivity contribution in [3.8, 4) is 34.1 Å². The van der Waals surface area contributed by atoms with Crippen LogP contribution in [0.1, 0.15) is 68.9 Å². The lowest BCUT2D eigenvalue weighted by atomic mass is 9.90. The van der Waals surface area contributed by atoms with Gasteiger partial charge >= 0.3 is 0 Å². The Balaban J connectivity index is 1.14. The quantitative estimate of drug-likeness (QED) is 0.255. The van der Waals surface area contributed by atoms with Crippen LogP contribution in [0.4, 0.5) is 0 Å². The van der Waals surface area contributed by atoms with Gasteiger partial charge in [-0.05, 0) is 136 Å². The van der Waals surface area contributed by atoms with Crippen molar-refractivity contribution in [3.05, 3.63) is 71.8 Å². The fraction of sp³-hybridized carbons (Fsp3) is 0.514. The average molecular weight is 585 g/mol. The SMILES string of the molecule is COc1cc(Cc2ccc(O)cc2-c2ccc(OCCN3CCCC3)cc2)ccc1OC1CCCCC1N1CCCCC1. The van der Waals surface area contributed by atoms with E-state index in [9.17, 15) is 5.11 Å². The van der Waals surface area contributed by atoms with Gasteiger partial charge < -0.3 is 19.3 Å². The highest BCUT2D eigenvalue weighted by Crippen LogP contribution is 2.36. The molecule has 6 nitrogen and oxygen atoms in total. The summed E-state index contributed by atoms with van der Waals surface area (Å²) >= 11 is 0. The van der Waals surface area contributed by atoms with Crippen molar-refractivity contribution >= 4 is 0 Å². The van der Waals surface area contributed by atoms with Crippen LogP contribution in [-0.4, -0.2) is 73.5 Å². The zero-order chi connectivity index (χ0) is 29.4. The lowest BCUT2D eigenvalue weighted by Gasteiger charge is -2.41. The van der Waals surface area contributed by atoms with Gasteiger partial charge in [0.05, 0.1) is 7.11 Å². The number of hydrogen-bond donors (Lipinski definition) is 1. The Bertz CT molecular complexity index is 1310. The molecule has 6 heteroatoms. The van der Waals surface area contributed by atoms with Gasteiger partial charge in [-0.3, -0.25) is 9.80 Å². The van der Waals surface area contributed by atoms with Crippen LogP contribution in [0.5, 0.6) is 23.0 Å². The largest absolute Gasteiger partial charge is 0.508 e. The first kappa shape index (κ1) is 29.8. The van der Waals surface area contributed by atoms with Gasteiger partial charge in [-0.15, -0.1) is 0 Å². The van der Waals surface area contributed by atoms with E-state index in [2.05, 4.69) is 40.1 Å². The number of rotatable bonds is 11. The molecule has 0 amide bonds. The number of methoxy groups -OCH3 is 1. The van der Waals surface area contributed by atoms with E-state index in [1.54, 1.807) is 13.2 Å². The molecule has 3 aliphatic rings. The normalized spacial score (nSPS) is 21.5. The van der Waals surface area contributed by atoms with E-state index in [1.807, 2.05) is 24.3 Å². The van der Waals surface area contributed by atoms with Gasteiger partial charge in [0.25, 0.3) is 0 Å². The molecule has 0 aromatic heterocycles. The van der Waals surface area contributed by atoms with Crippen molar-refractivity contribution in [1.82, 2.24) is 9.80 Å². The minimum atomic E-state index is 0.211. The first-order chi connectivity index (χ1) is 21.2. The average Bonchev–Trinajstić information content (AvgIpc) is 3.57. The fourth-order valence-corrected chi connectivity index (χ4v) is 7.20. The minimum Gasteiger partial charge on any atom is -0.508 e. The third-order valence-corrected chi connectivity index (χ3v) is 9.56. The summed E-state index contributed by atoms with van der Waals surface area (Å²) in [7, 11) is 1.73. The van der Waals surface area contributed by atoms with Gasteiger partial charge in [-0.25, -0.2) is 0 Å². The van der Waals surface area contributed by atoms with Crippen LogP contribution >= 0.6 is 0 Å². The Morgan fingerprint density at radius 2 is 1.53 bits per heavy atom.